The Hall–Kier alpha value is -1.14. The lowest BCUT2D eigenvalue weighted by molar-refractivity contribution is 0.0537. The minimum atomic E-state index is -0.378. The zero-order valence-corrected chi connectivity index (χ0v) is 11.7. The van der Waals surface area contributed by atoms with E-state index in [0.717, 1.165) is 29.6 Å². The van der Waals surface area contributed by atoms with Crippen molar-refractivity contribution in [3.63, 3.8) is 0 Å². The van der Waals surface area contributed by atoms with E-state index < -0.39 is 0 Å². The summed E-state index contributed by atoms with van der Waals surface area (Å²) in [6.45, 7) is 5.57. The lowest BCUT2D eigenvalue weighted by Gasteiger charge is -2.29. The SMILES string of the molecule is COC(=O)c1nc(NC2CCOCC2C)sc1C. The molecule has 0 amide bonds. The van der Waals surface area contributed by atoms with Gasteiger partial charge in [-0.3, -0.25) is 0 Å². The number of methoxy groups -OCH3 is 1. The third-order valence-electron chi connectivity index (χ3n) is 3.13. The van der Waals surface area contributed by atoms with E-state index in [1.54, 1.807) is 0 Å². The van der Waals surface area contributed by atoms with E-state index in [1.807, 2.05) is 6.92 Å². The minimum Gasteiger partial charge on any atom is -0.464 e. The van der Waals surface area contributed by atoms with Gasteiger partial charge in [0.05, 0.1) is 13.7 Å². The minimum absolute atomic E-state index is 0.356. The maximum atomic E-state index is 11.5. The molecular weight excluding hydrogens is 252 g/mol. The van der Waals surface area contributed by atoms with Crippen LogP contribution in [0.4, 0.5) is 5.13 Å². The number of ether oxygens (including phenoxy) is 2. The Balaban J connectivity index is 2.07. The summed E-state index contributed by atoms with van der Waals surface area (Å²) in [4.78, 5) is 16.7. The van der Waals surface area contributed by atoms with Crippen molar-refractivity contribution < 1.29 is 14.3 Å². The van der Waals surface area contributed by atoms with Crippen LogP contribution in [-0.2, 0) is 9.47 Å². The van der Waals surface area contributed by atoms with E-state index in [-0.39, 0.29) is 5.97 Å². The summed E-state index contributed by atoms with van der Waals surface area (Å²) in [7, 11) is 1.37. The van der Waals surface area contributed by atoms with Gasteiger partial charge < -0.3 is 14.8 Å². The van der Waals surface area contributed by atoms with E-state index in [4.69, 9.17) is 9.47 Å². The molecule has 0 saturated carbocycles. The number of carbonyl (C=O) groups is 1. The number of esters is 1. The number of rotatable bonds is 3. The van der Waals surface area contributed by atoms with Crippen LogP contribution in [0.3, 0.4) is 0 Å². The largest absolute Gasteiger partial charge is 0.464 e. The molecule has 1 aliphatic rings. The summed E-state index contributed by atoms with van der Waals surface area (Å²) >= 11 is 1.49. The van der Waals surface area contributed by atoms with Crippen molar-refractivity contribution in [1.82, 2.24) is 4.98 Å². The number of aromatic nitrogens is 1. The van der Waals surface area contributed by atoms with Crippen molar-refractivity contribution in [2.75, 3.05) is 25.6 Å². The summed E-state index contributed by atoms with van der Waals surface area (Å²) in [5.41, 5.74) is 0.407. The zero-order chi connectivity index (χ0) is 13.1. The average Bonchev–Trinajstić information content (AvgIpc) is 2.72. The molecule has 1 aromatic rings. The summed E-state index contributed by atoms with van der Waals surface area (Å²) in [5.74, 6) is 0.0707. The molecule has 100 valence electrons. The zero-order valence-electron chi connectivity index (χ0n) is 10.9. The Morgan fingerprint density at radius 3 is 3.06 bits per heavy atom. The molecule has 0 bridgehead atoms. The summed E-state index contributed by atoms with van der Waals surface area (Å²) in [6.07, 6.45) is 0.966. The van der Waals surface area contributed by atoms with Crippen molar-refractivity contribution in [3.05, 3.63) is 10.6 Å². The van der Waals surface area contributed by atoms with E-state index in [2.05, 4.69) is 17.2 Å². The molecule has 1 N–H and O–H groups in total. The van der Waals surface area contributed by atoms with Crippen molar-refractivity contribution in [2.24, 2.45) is 5.92 Å². The monoisotopic (exact) mass is 270 g/mol. The van der Waals surface area contributed by atoms with Gasteiger partial charge in [0, 0.05) is 17.5 Å². The molecule has 6 heteroatoms. The van der Waals surface area contributed by atoms with Crippen LogP contribution >= 0.6 is 11.3 Å². The van der Waals surface area contributed by atoms with Gasteiger partial charge in [0.15, 0.2) is 10.8 Å². The molecule has 0 aliphatic carbocycles. The maximum Gasteiger partial charge on any atom is 0.357 e. The number of carbonyl (C=O) groups excluding carboxylic acids is 1. The molecule has 2 unspecified atom stereocenters. The first-order chi connectivity index (χ1) is 8.61. The van der Waals surface area contributed by atoms with E-state index in [1.165, 1.54) is 18.4 Å². The van der Waals surface area contributed by atoms with Gasteiger partial charge in [-0.25, -0.2) is 9.78 Å². The standard InChI is InChI=1S/C12H18N2O3S/c1-7-6-17-5-4-9(7)13-12-14-10(8(2)18-12)11(15)16-3/h7,9H,4-6H2,1-3H3,(H,13,14). The topological polar surface area (TPSA) is 60.5 Å². The molecule has 2 heterocycles. The van der Waals surface area contributed by atoms with E-state index in [9.17, 15) is 4.79 Å². The van der Waals surface area contributed by atoms with Crippen LogP contribution in [0.5, 0.6) is 0 Å². The van der Waals surface area contributed by atoms with Gasteiger partial charge in [-0.05, 0) is 19.3 Å². The Morgan fingerprint density at radius 2 is 2.39 bits per heavy atom. The number of thiazole rings is 1. The van der Waals surface area contributed by atoms with Gasteiger partial charge in [-0.15, -0.1) is 11.3 Å². The lowest BCUT2D eigenvalue weighted by Crippen LogP contribution is -2.35. The number of hydrogen-bond acceptors (Lipinski definition) is 6. The van der Waals surface area contributed by atoms with Crippen LogP contribution in [0.25, 0.3) is 0 Å². The summed E-state index contributed by atoms with van der Waals surface area (Å²) < 4.78 is 10.1. The number of anilines is 1. The smallest absolute Gasteiger partial charge is 0.357 e. The maximum absolute atomic E-state index is 11.5. The van der Waals surface area contributed by atoms with Gasteiger partial charge >= 0.3 is 5.97 Å². The molecule has 0 spiro atoms. The summed E-state index contributed by atoms with van der Waals surface area (Å²) in [5, 5.41) is 4.17. The molecule has 0 aromatic carbocycles. The molecular formula is C12H18N2O3S. The lowest BCUT2D eigenvalue weighted by atomic mass is 9.98. The molecule has 2 atom stereocenters. The number of aryl methyl sites for hydroxylation is 1. The van der Waals surface area contributed by atoms with E-state index >= 15 is 0 Å². The van der Waals surface area contributed by atoms with Crippen LogP contribution in [0.1, 0.15) is 28.7 Å². The average molecular weight is 270 g/mol. The second-order valence-electron chi connectivity index (χ2n) is 4.51. The highest BCUT2D eigenvalue weighted by atomic mass is 32.1. The molecule has 5 nitrogen and oxygen atoms in total. The Morgan fingerprint density at radius 1 is 1.61 bits per heavy atom. The molecule has 1 fully saturated rings. The molecule has 1 aromatic heterocycles. The Bertz CT molecular complexity index is 433. The second kappa shape index (κ2) is 5.67. The van der Waals surface area contributed by atoms with Crippen LogP contribution < -0.4 is 5.32 Å². The first kappa shape index (κ1) is 13.3. The fourth-order valence-corrected chi connectivity index (χ4v) is 2.86. The van der Waals surface area contributed by atoms with Crippen molar-refractivity contribution >= 4 is 22.4 Å². The molecule has 2 rings (SSSR count). The van der Waals surface area contributed by atoms with Crippen molar-refractivity contribution in [2.45, 2.75) is 26.3 Å². The normalized spacial score (nSPS) is 23.7. The number of nitrogens with zero attached hydrogens (tertiary/aromatic N) is 1. The second-order valence-corrected chi connectivity index (χ2v) is 5.71. The number of hydrogen-bond donors (Lipinski definition) is 1. The fraction of sp³-hybridized carbons (Fsp3) is 0.667. The molecule has 18 heavy (non-hydrogen) atoms. The van der Waals surface area contributed by atoms with Gasteiger partial charge in [-0.1, -0.05) is 6.92 Å². The van der Waals surface area contributed by atoms with Crippen LogP contribution in [0.2, 0.25) is 0 Å². The Kier molecular flexibility index (Phi) is 4.19. The first-order valence-electron chi connectivity index (χ1n) is 6.02. The highest BCUT2D eigenvalue weighted by Crippen LogP contribution is 2.26. The van der Waals surface area contributed by atoms with E-state index in [0.29, 0.717) is 17.7 Å². The van der Waals surface area contributed by atoms with Crippen LogP contribution in [-0.4, -0.2) is 37.3 Å². The predicted molar refractivity (Wildman–Crippen MR) is 70.2 cm³/mol. The molecule has 0 radical (unpaired) electrons. The van der Waals surface area contributed by atoms with Gasteiger partial charge in [0.25, 0.3) is 0 Å². The van der Waals surface area contributed by atoms with Gasteiger partial charge in [-0.2, -0.15) is 0 Å². The number of nitrogens with one attached hydrogen (secondary N) is 1. The highest BCUT2D eigenvalue weighted by Gasteiger charge is 2.24. The highest BCUT2D eigenvalue weighted by molar-refractivity contribution is 7.15. The predicted octanol–water partition coefficient (Wildman–Crippen LogP) is 2.08. The quantitative estimate of drug-likeness (QED) is 0.852. The van der Waals surface area contributed by atoms with Crippen molar-refractivity contribution in [1.29, 1.82) is 0 Å². The van der Waals surface area contributed by atoms with Gasteiger partial charge in [0.1, 0.15) is 0 Å². The van der Waals surface area contributed by atoms with Crippen molar-refractivity contribution in [3.8, 4) is 0 Å². The van der Waals surface area contributed by atoms with Crippen LogP contribution in [0, 0.1) is 12.8 Å². The summed E-state index contributed by atoms with van der Waals surface area (Å²) in [6, 6.07) is 0.356. The molecule has 1 saturated heterocycles. The first-order valence-corrected chi connectivity index (χ1v) is 6.83. The van der Waals surface area contributed by atoms with Crippen LogP contribution in [0.15, 0.2) is 0 Å². The fourth-order valence-electron chi connectivity index (χ4n) is 2.00. The molecule has 1 aliphatic heterocycles. The van der Waals surface area contributed by atoms with Gasteiger partial charge in [0.2, 0.25) is 0 Å². The Labute approximate surface area is 111 Å². The third-order valence-corrected chi connectivity index (χ3v) is 4.03. The third kappa shape index (κ3) is 2.81.